The average Bonchev–Trinajstić information content (AvgIpc) is 2.66. The summed E-state index contributed by atoms with van der Waals surface area (Å²) in [4.78, 5) is 17.3. The summed E-state index contributed by atoms with van der Waals surface area (Å²) < 4.78 is 5.01. The molecule has 108 valence electrons. The molecule has 1 aliphatic rings. The highest BCUT2D eigenvalue weighted by Gasteiger charge is 2.15. The molecular weight excluding hydrogens is 282 g/mol. The summed E-state index contributed by atoms with van der Waals surface area (Å²) in [5, 5.41) is 1.09. The lowest BCUT2D eigenvalue weighted by molar-refractivity contribution is -0.142. The fraction of sp³-hybridized carbons (Fsp3) is 0.294. The quantitative estimate of drug-likeness (QED) is 0.814. The lowest BCUT2D eigenvalue weighted by atomic mass is 10.0. The number of hydrogen-bond donors (Lipinski definition) is 0. The Kier molecular flexibility index (Phi) is 4.25. The van der Waals surface area contributed by atoms with E-state index in [4.69, 9.17) is 4.74 Å². The normalized spacial score (nSPS) is 13.0. The van der Waals surface area contributed by atoms with Crippen LogP contribution in [0, 0.1) is 0 Å². The highest BCUT2D eigenvalue weighted by Crippen LogP contribution is 2.36. The number of esters is 1. The highest BCUT2D eigenvalue weighted by atomic mass is 32.2. The number of aromatic nitrogens is 1. The second-order valence-electron chi connectivity index (χ2n) is 4.99. The summed E-state index contributed by atoms with van der Waals surface area (Å²) in [5.74, 6) is -0.163. The van der Waals surface area contributed by atoms with Gasteiger partial charge in [0.25, 0.3) is 0 Å². The number of benzene rings is 1. The standard InChI is InChI=1S/C17H17NO2S/c1-2-20-16(19)11-12-5-8-15-14(10-12)7-6-13-4-3-9-18-17(13)21-15/h3-5,8-10H,2,6-7,11H2,1H3. The van der Waals surface area contributed by atoms with Gasteiger partial charge in [0.15, 0.2) is 0 Å². The van der Waals surface area contributed by atoms with Gasteiger partial charge in [-0.3, -0.25) is 4.79 Å². The molecule has 0 radical (unpaired) electrons. The van der Waals surface area contributed by atoms with Gasteiger partial charge < -0.3 is 4.74 Å². The van der Waals surface area contributed by atoms with Crippen molar-refractivity contribution in [2.45, 2.75) is 36.1 Å². The maximum absolute atomic E-state index is 11.6. The maximum atomic E-state index is 11.6. The fourth-order valence-electron chi connectivity index (χ4n) is 2.50. The van der Waals surface area contributed by atoms with Crippen molar-refractivity contribution in [3.63, 3.8) is 0 Å². The lowest BCUT2D eigenvalue weighted by Gasteiger charge is -2.08. The van der Waals surface area contributed by atoms with Gasteiger partial charge in [-0.15, -0.1) is 0 Å². The number of ether oxygens (including phenoxy) is 1. The van der Waals surface area contributed by atoms with Crippen molar-refractivity contribution < 1.29 is 9.53 Å². The van der Waals surface area contributed by atoms with E-state index < -0.39 is 0 Å². The molecule has 1 aromatic heterocycles. The van der Waals surface area contributed by atoms with Crippen molar-refractivity contribution in [3.8, 4) is 0 Å². The Morgan fingerprint density at radius 1 is 1.29 bits per heavy atom. The van der Waals surface area contributed by atoms with Crippen LogP contribution in [0.5, 0.6) is 0 Å². The summed E-state index contributed by atoms with van der Waals surface area (Å²) in [5.41, 5.74) is 3.61. The van der Waals surface area contributed by atoms with Crippen molar-refractivity contribution in [2.24, 2.45) is 0 Å². The predicted octanol–water partition coefficient (Wildman–Crippen LogP) is 3.44. The second-order valence-corrected chi connectivity index (χ2v) is 6.02. The van der Waals surface area contributed by atoms with Gasteiger partial charge in [-0.2, -0.15) is 0 Å². The minimum absolute atomic E-state index is 0.163. The SMILES string of the molecule is CCOC(=O)Cc1ccc2c(c1)CCc1cccnc1S2. The van der Waals surface area contributed by atoms with Gasteiger partial charge >= 0.3 is 5.97 Å². The molecule has 0 unspecified atom stereocenters. The summed E-state index contributed by atoms with van der Waals surface area (Å²) in [6, 6.07) is 10.4. The molecule has 2 heterocycles. The first-order valence-electron chi connectivity index (χ1n) is 7.15. The van der Waals surface area contributed by atoms with Crippen molar-refractivity contribution in [1.82, 2.24) is 4.98 Å². The second kappa shape index (κ2) is 6.31. The smallest absolute Gasteiger partial charge is 0.310 e. The van der Waals surface area contributed by atoms with Crippen molar-refractivity contribution in [2.75, 3.05) is 6.61 Å². The molecule has 3 nitrogen and oxygen atoms in total. The molecule has 0 fully saturated rings. The van der Waals surface area contributed by atoms with Crippen LogP contribution < -0.4 is 0 Å². The van der Waals surface area contributed by atoms with Crippen LogP contribution in [0.15, 0.2) is 46.5 Å². The number of nitrogens with zero attached hydrogens (tertiary/aromatic N) is 1. The van der Waals surface area contributed by atoms with E-state index in [1.807, 2.05) is 25.3 Å². The first-order chi connectivity index (χ1) is 10.3. The van der Waals surface area contributed by atoms with Crippen molar-refractivity contribution >= 4 is 17.7 Å². The minimum Gasteiger partial charge on any atom is -0.466 e. The summed E-state index contributed by atoms with van der Waals surface area (Å²) in [7, 11) is 0. The largest absolute Gasteiger partial charge is 0.466 e. The van der Waals surface area contributed by atoms with Gasteiger partial charge in [-0.25, -0.2) is 4.98 Å². The average molecular weight is 299 g/mol. The molecule has 3 rings (SSSR count). The number of aryl methyl sites for hydroxylation is 2. The molecule has 0 spiro atoms. The van der Waals surface area contributed by atoms with Gasteiger partial charge in [0.05, 0.1) is 13.0 Å². The molecule has 2 aromatic rings. The van der Waals surface area contributed by atoms with E-state index in [1.165, 1.54) is 16.0 Å². The molecule has 0 atom stereocenters. The molecule has 4 heteroatoms. The van der Waals surface area contributed by atoms with Gasteiger partial charge in [-0.1, -0.05) is 30.0 Å². The zero-order chi connectivity index (χ0) is 14.7. The van der Waals surface area contributed by atoms with E-state index >= 15 is 0 Å². The van der Waals surface area contributed by atoms with Crippen LogP contribution in [0.25, 0.3) is 0 Å². The number of rotatable bonds is 3. The van der Waals surface area contributed by atoms with E-state index in [1.54, 1.807) is 11.8 Å². The van der Waals surface area contributed by atoms with Crippen LogP contribution in [0.4, 0.5) is 0 Å². The first kappa shape index (κ1) is 14.1. The third-order valence-electron chi connectivity index (χ3n) is 3.50. The Morgan fingerprint density at radius 2 is 2.14 bits per heavy atom. The van der Waals surface area contributed by atoms with E-state index in [0.717, 1.165) is 23.4 Å². The van der Waals surface area contributed by atoms with E-state index in [-0.39, 0.29) is 5.97 Å². The lowest BCUT2D eigenvalue weighted by Crippen LogP contribution is -2.07. The van der Waals surface area contributed by atoms with Gasteiger partial charge in [0, 0.05) is 11.1 Å². The molecule has 0 amide bonds. The zero-order valence-corrected chi connectivity index (χ0v) is 12.8. The van der Waals surface area contributed by atoms with E-state index in [2.05, 4.69) is 23.2 Å². The van der Waals surface area contributed by atoms with Crippen molar-refractivity contribution in [1.29, 1.82) is 0 Å². The van der Waals surface area contributed by atoms with Gasteiger partial charge in [0.1, 0.15) is 5.03 Å². The molecule has 0 saturated heterocycles. The number of carbonyl (C=O) groups excluding carboxylic acids is 1. The third kappa shape index (κ3) is 3.27. The Bertz CT molecular complexity index is 670. The molecular formula is C17H17NO2S. The Morgan fingerprint density at radius 3 is 3.00 bits per heavy atom. The number of carbonyl (C=O) groups is 1. The van der Waals surface area contributed by atoms with Crippen LogP contribution >= 0.6 is 11.8 Å². The van der Waals surface area contributed by atoms with Crippen LogP contribution in [0.1, 0.15) is 23.6 Å². The minimum atomic E-state index is -0.163. The molecule has 1 aliphatic heterocycles. The third-order valence-corrected chi connectivity index (χ3v) is 4.68. The van der Waals surface area contributed by atoms with Crippen LogP contribution in [0.2, 0.25) is 0 Å². The molecule has 1 aromatic carbocycles. The summed E-state index contributed by atoms with van der Waals surface area (Å²) in [6.45, 7) is 2.26. The van der Waals surface area contributed by atoms with Crippen LogP contribution in [-0.2, 0) is 28.8 Å². The summed E-state index contributed by atoms with van der Waals surface area (Å²) in [6.07, 6.45) is 4.16. The van der Waals surface area contributed by atoms with Crippen molar-refractivity contribution in [3.05, 3.63) is 53.2 Å². The first-order valence-corrected chi connectivity index (χ1v) is 7.97. The van der Waals surface area contributed by atoms with E-state index in [0.29, 0.717) is 13.0 Å². The fourth-order valence-corrected chi connectivity index (χ4v) is 3.55. The number of hydrogen-bond acceptors (Lipinski definition) is 4. The number of fused-ring (bicyclic) bond motifs is 2. The van der Waals surface area contributed by atoms with Crippen LogP contribution in [0.3, 0.4) is 0 Å². The summed E-state index contributed by atoms with van der Waals surface area (Å²) >= 11 is 1.71. The zero-order valence-electron chi connectivity index (χ0n) is 12.0. The Hall–Kier alpha value is -1.81. The Labute approximate surface area is 128 Å². The predicted molar refractivity (Wildman–Crippen MR) is 82.5 cm³/mol. The molecule has 21 heavy (non-hydrogen) atoms. The monoisotopic (exact) mass is 299 g/mol. The number of pyridine rings is 1. The molecule has 0 saturated carbocycles. The Balaban J connectivity index is 1.83. The van der Waals surface area contributed by atoms with Crippen LogP contribution in [-0.4, -0.2) is 17.6 Å². The van der Waals surface area contributed by atoms with Gasteiger partial charge in [-0.05, 0) is 48.6 Å². The molecule has 0 N–H and O–H groups in total. The highest BCUT2D eigenvalue weighted by molar-refractivity contribution is 7.99. The topological polar surface area (TPSA) is 39.2 Å². The molecule has 0 aliphatic carbocycles. The maximum Gasteiger partial charge on any atom is 0.310 e. The van der Waals surface area contributed by atoms with Gasteiger partial charge in [0.2, 0.25) is 0 Å². The molecule has 0 bridgehead atoms. The van der Waals surface area contributed by atoms with E-state index in [9.17, 15) is 4.79 Å².